The number of rotatable bonds is 7. The average Bonchev–Trinajstić information content (AvgIpc) is 3.10. The standard InChI is InChI=1S/C18H26N4O2/c1-2-22-14-19-20-18(22)17-13-21(10-11-24-17)12-16(23)9-8-15-6-4-3-5-7-15/h3-7,14,16-17,23H,2,8-13H2,1H3/t16-,17+/m1/s1. The van der Waals surface area contributed by atoms with Gasteiger partial charge in [-0.05, 0) is 25.3 Å². The summed E-state index contributed by atoms with van der Waals surface area (Å²) in [7, 11) is 0. The molecule has 130 valence electrons. The van der Waals surface area contributed by atoms with E-state index in [-0.39, 0.29) is 12.2 Å². The molecular formula is C18H26N4O2. The van der Waals surface area contributed by atoms with Gasteiger partial charge in [-0.2, -0.15) is 0 Å². The first-order valence-electron chi connectivity index (χ1n) is 8.70. The molecule has 0 unspecified atom stereocenters. The quantitative estimate of drug-likeness (QED) is 0.836. The van der Waals surface area contributed by atoms with Gasteiger partial charge in [0.25, 0.3) is 0 Å². The van der Waals surface area contributed by atoms with Gasteiger partial charge in [-0.15, -0.1) is 10.2 Å². The van der Waals surface area contributed by atoms with Gasteiger partial charge in [0.15, 0.2) is 5.82 Å². The molecule has 1 N–H and O–H groups in total. The second-order valence-corrected chi connectivity index (χ2v) is 6.27. The molecule has 0 aliphatic carbocycles. The van der Waals surface area contributed by atoms with Gasteiger partial charge in [0.05, 0.1) is 12.7 Å². The highest BCUT2D eigenvalue weighted by Gasteiger charge is 2.26. The van der Waals surface area contributed by atoms with Gasteiger partial charge in [-0.3, -0.25) is 4.90 Å². The Labute approximate surface area is 143 Å². The van der Waals surface area contributed by atoms with Crippen LogP contribution in [0, 0.1) is 0 Å². The van der Waals surface area contributed by atoms with Gasteiger partial charge < -0.3 is 14.4 Å². The highest BCUT2D eigenvalue weighted by molar-refractivity contribution is 5.14. The van der Waals surface area contributed by atoms with Crippen molar-refractivity contribution in [3.63, 3.8) is 0 Å². The van der Waals surface area contributed by atoms with Gasteiger partial charge in [0, 0.05) is 26.2 Å². The molecule has 24 heavy (non-hydrogen) atoms. The van der Waals surface area contributed by atoms with Crippen LogP contribution >= 0.6 is 0 Å². The van der Waals surface area contributed by atoms with Crippen molar-refractivity contribution in [3.05, 3.63) is 48.0 Å². The number of aliphatic hydroxyl groups excluding tert-OH is 1. The van der Waals surface area contributed by atoms with Crippen LogP contribution in [0.15, 0.2) is 36.7 Å². The smallest absolute Gasteiger partial charge is 0.163 e. The van der Waals surface area contributed by atoms with E-state index < -0.39 is 0 Å². The molecular weight excluding hydrogens is 304 g/mol. The fraction of sp³-hybridized carbons (Fsp3) is 0.556. The van der Waals surface area contributed by atoms with Crippen molar-refractivity contribution in [1.29, 1.82) is 0 Å². The van der Waals surface area contributed by atoms with Crippen molar-refractivity contribution >= 4 is 0 Å². The first-order valence-corrected chi connectivity index (χ1v) is 8.70. The largest absolute Gasteiger partial charge is 0.392 e. The third kappa shape index (κ3) is 4.41. The lowest BCUT2D eigenvalue weighted by atomic mass is 10.1. The first-order chi connectivity index (χ1) is 11.8. The zero-order chi connectivity index (χ0) is 16.8. The van der Waals surface area contributed by atoms with Crippen LogP contribution in [0.4, 0.5) is 0 Å². The Kier molecular flexibility index (Phi) is 5.96. The van der Waals surface area contributed by atoms with Crippen LogP contribution in [0.5, 0.6) is 0 Å². The molecule has 0 amide bonds. The summed E-state index contributed by atoms with van der Waals surface area (Å²) in [5.41, 5.74) is 1.27. The monoisotopic (exact) mass is 330 g/mol. The van der Waals surface area contributed by atoms with E-state index in [0.29, 0.717) is 13.2 Å². The minimum Gasteiger partial charge on any atom is -0.392 e. The summed E-state index contributed by atoms with van der Waals surface area (Å²) in [5.74, 6) is 0.876. The topological polar surface area (TPSA) is 63.4 Å². The Bertz CT molecular complexity index is 616. The van der Waals surface area contributed by atoms with E-state index in [2.05, 4.69) is 34.2 Å². The SMILES string of the molecule is CCn1cnnc1[C@@H]1CN(C[C@H](O)CCc2ccccc2)CCO1. The number of benzene rings is 1. The van der Waals surface area contributed by atoms with Crippen molar-refractivity contribution in [2.24, 2.45) is 0 Å². The zero-order valence-corrected chi connectivity index (χ0v) is 14.2. The second-order valence-electron chi connectivity index (χ2n) is 6.27. The van der Waals surface area contributed by atoms with E-state index >= 15 is 0 Å². The maximum Gasteiger partial charge on any atom is 0.163 e. The molecule has 6 nitrogen and oxygen atoms in total. The lowest BCUT2D eigenvalue weighted by molar-refractivity contribution is -0.0478. The minimum absolute atomic E-state index is 0.0671. The number of aryl methyl sites for hydroxylation is 2. The molecule has 0 saturated carbocycles. The molecule has 1 aromatic heterocycles. The van der Waals surface area contributed by atoms with E-state index in [0.717, 1.165) is 38.3 Å². The Morgan fingerprint density at radius 2 is 2.17 bits per heavy atom. The molecule has 1 saturated heterocycles. The van der Waals surface area contributed by atoms with Crippen molar-refractivity contribution in [2.45, 2.75) is 38.5 Å². The summed E-state index contributed by atoms with van der Waals surface area (Å²) in [6.07, 6.45) is 3.03. The molecule has 0 bridgehead atoms. The van der Waals surface area contributed by atoms with Crippen LogP contribution in [0.3, 0.4) is 0 Å². The number of aromatic nitrogens is 3. The van der Waals surface area contributed by atoms with E-state index in [1.807, 2.05) is 22.8 Å². The molecule has 2 atom stereocenters. The molecule has 3 rings (SSSR count). The zero-order valence-electron chi connectivity index (χ0n) is 14.2. The molecule has 2 heterocycles. The fourth-order valence-electron chi connectivity index (χ4n) is 3.15. The van der Waals surface area contributed by atoms with Crippen LogP contribution in [0.1, 0.15) is 30.8 Å². The fourth-order valence-corrected chi connectivity index (χ4v) is 3.15. The van der Waals surface area contributed by atoms with Crippen LogP contribution in [0.25, 0.3) is 0 Å². The molecule has 6 heteroatoms. The van der Waals surface area contributed by atoms with Gasteiger partial charge in [-0.25, -0.2) is 0 Å². The minimum atomic E-state index is -0.326. The predicted molar refractivity (Wildman–Crippen MR) is 91.6 cm³/mol. The summed E-state index contributed by atoms with van der Waals surface area (Å²) in [6, 6.07) is 10.3. The van der Waals surface area contributed by atoms with Crippen LogP contribution < -0.4 is 0 Å². The summed E-state index contributed by atoms with van der Waals surface area (Å²) in [5, 5.41) is 18.5. The lowest BCUT2D eigenvalue weighted by Crippen LogP contribution is -2.43. The summed E-state index contributed by atoms with van der Waals surface area (Å²) in [6.45, 7) is 5.84. The van der Waals surface area contributed by atoms with Crippen LogP contribution in [-0.4, -0.2) is 57.1 Å². The number of ether oxygens (including phenoxy) is 1. The highest BCUT2D eigenvalue weighted by atomic mass is 16.5. The van der Waals surface area contributed by atoms with Gasteiger partial charge in [0.1, 0.15) is 12.4 Å². The third-order valence-electron chi connectivity index (χ3n) is 4.50. The van der Waals surface area contributed by atoms with E-state index in [1.54, 1.807) is 6.33 Å². The maximum atomic E-state index is 10.4. The predicted octanol–water partition coefficient (Wildman–Crippen LogP) is 1.66. The van der Waals surface area contributed by atoms with Crippen molar-refractivity contribution < 1.29 is 9.84 Å². The van der Waals surface area contributed by atoms with E-state index in [9.17, 15) is 5.11 Å². The van der Waals surface area contributed by atoms with E-state index in [1.165, 1.54) is 5.56 Å². The molecule has 0 spiro atoms. The maximum absolute atomic E-state index is 10.4. The molecule has 1 aromatic carbocycles. The number of hydrogen-bond donors (Lipinski definition) is 1. The summed E-state index contributed by atoms with van der Waals surface area (Å²) < 4.78 is 7.87. The number of hydrogen-bond acceptors (Lipinski definition) is 5. The second kappa shape index (κ2) is 8.37. The number of aliphatic hydroxyl groups is 1. The van der Waals surface area contributed by atoms with Crippen LogP contribution in [-0.2, 0) is 17.7 Å². The molecule has 1 fully saturated rings. The highest BCUT2D eigenvalue weighted by Crippen LogP contribution is 2.21. The van der Waals surface area contributed by atoms with Crippen molar-refractivity contribution in [2.75, 3.05) is 26.2 Å². The summed E-state index contributed by atoms with van der Waals surface area (Å²) in [4.78, 5) is 2.26. The number of β-amino-alcohol motifs (C(OH)–C–C–N with tert-alkyl or cyclic N) is 1. The Morgan fingerprint density at radius 1 is 1.33 bits per heavy atom. The lowest BCUT2D eigenvalue weighted by Gasteiger charge is -2.33. The average molecular weight is 330 g/mol. The molecule has 1 aliphatic rings. The first kappa shape index (κ1) is 17.1. The molecule has 2 aromatic rings. The van der Waals surface area contributed by atoms with Gasteiger partial charge >= 0.3 is 0 Å². The molecule has 1 aliphatic heterocycles. The Balaban J connectivity index is 1.50. The summed E-state index contributed by atoms with van der Waals surface area (Å²) >= 11 is 0. The van der Waals surface area contributed by atoms with Gasteiger partial charge in [0.2, 0.25) is 0 Å². The van der Waals surface area contributed by atoms with E-state index in [4.69, 9.17) is 4.74 Å². The normalized spacial score (nSPS) is 20.2. The van der Waals surface area contributed by atoms with Crippen LogP contribution in [0.2, 0.25) is 0 Å². The number of morpholine rings is 1. The van der Waals surface area contributed by atoms with Gasteiger partial charge in [-0.1, -0.05) is 30.3 Å². The Morgan fingerprint density at radius 3 is 2.96 bits per heavy atom. The molecule has 0 radical (unpaired) electrons. The Hall–Kier alpha value is -1.76. The van der Waals surface area contributed by atoms with Crippen molar-refractivity contribution in [3.8, 4) is 0 Å². The van der Waals surface area contributed by atoms with Crippen molar-refractivity contribution in [1.82, 2.24) is 19.7 Å². The number of nitrogens with zero attached hydrogens (tertiary/aromatic N) is 4. The third-order valence-corrected chi connectivity index (χ3v) is 4.50.